The Hall–Kier alpha value is -1.43. The Kier molecular flexibility index (Phi) is 3.99. The zero-order chi connectivity index (χ0) is 16.8. The van der Waals surface area contributed by atoms with E-state index in [-0.39, 0.29) is 23.2 Å². The number of hydrogen-bond donors (Lipinski definition) is 0. The third kappa shape index (κ3) is 3.42. The molecule has 0 bridgehead atoms. The predicted molar refractivity (Wildman–Crippen MR) is 89.2 cm³/mol. The molecule has 1 saturated heterocycles. The van der Waals surface area contributed by atoms with E-state index >= 15 is 0 Å². The van der Waals surface area contributed by atoms with Crippen LogP contribution in [0, 0.1) is 11.3 Å². The number of halogens is 1. The first-order chi connectivity index (χ1) is 10.7. The monoisotopic (exact) mass is 380 g/mol. The normalized spacial score (nSPS) is 19.9. The minimum absolute atomic E-state index is 0.0255. The van der Waals surface area contributed by atoms with Crippen molar-refractivity contribution < 1.29 is 14.3 Å². The molecule has 2 fully saturated rings. The minimum Gasteiger partial charge on any atom is -0.444 e. The van der Waals surface area contributed by atoms with Crippen molar-refractivity contribution in [2.24, 2.45) is 11.3 Å². The van der Waals surface area contributed by atoms with E-state index in [1.807, 2.05) is 32.9 Å². The Morgan fingerprint density at radius 2 is 1.96 bits per heavy atom. The van der Waals surface area contributed by atoms with E-state index in [2.05, 4.69) is 20.9 Å². The molecule has 0 radical (unpaired) electrons. The number of Topliss-reactive ketones (excluding diaryl/α,β-unsaturated/α-hetero) is 1. The lowest BCUT2D eigenvalue weighted by atomic mass is 9.56. The summed E-state index contributed by atoms with van der Waals surface area (Å²) in [6.45, 7) is 6.98. The van der Waals surface area contributed by atoms with Crippen molar-refractivity contribution in [2.75, 3.05) is 13.1 Å². The molecule has 1 aromatic rings. The number of pyridine rings is 1. The third-order valence-corrected chi connectivity index (χ3v) is 4.84. The Labute approximate surface area is 144 Å². The van der Waals surface area contributed by atoms with Crippen LogP contribution in [-0.2, 0) is 4.74 Å². The molecule has 1 aromatic heterocycles. The number of carbonyl (C=O) groups excluding carboxylic acids is 2. The van der Waals surface area contributed by atoms with Crippen molar-refractivity contribution in [3.05, 3.63) is 28.5 Å². The smallest absolute Gasteiger partial charge is 0.410 e. The van der Waals surface area contributed by atoms with Gasteiger partial charge in [-0.25, -0.2) is 9.78 Å². The van der Waals surface area contributed by atoms with Crippen molar-refractivity contribution in [1.29, 1.82) is 0 Å². The fourth-order valence-electron chi connectivity index (χ4n) is 3.40. The van der Waals surface area contributed by atoms with E-state index in [4.69, 9.17) is 4.74 Å². The number of carbonyl (C=O) groups is 2. The summed E-state index contributed by atoms with van der Waals surface area (Å²) in [6, 6.07) is 5.39. The van der Waals surface area contributed by atoms with Gasteiger partial charge in [-0.2, -0.15) is 0 Å². The Morgan fingerprint density at radius 1 is 1.30 bits per heavy atom. The first kappa shape index (κ1) is 16.4. The number of aromatic nitrogens is 1. The maximum atomic E-state index is 12.4. The second-order valence-electron chi connectivity index (χ2n) is 7.65. The zero-order valence-electron chi connectivity index (χ0n) is 13.6. The summed E-state index contributed by atoms with van der Waals surface area (Å²) in [5.74, 6) is 0.130. The summed E-state index contributed by atoms with van der Waals surface area (Å²) in [6.07, 6.45) is 1.41. The summed E-state index contributed by atoms with van der Waals surface area (Å²) in [5, 5.41) is 0. The summed E-state index contributed by atoms with van der Waals surface area (Å²) in [7, 11) is 0. The highest BCUT2D eigenvalue weighted by Crippen LogP contribution is 2.52. The van der Waals surface area contributed by atoms with E-state index in [1.54, 1.807) is 11.0 Å². The third-order valence-electron chi connectivity index (χ3n) is 4.40. The van der Waals surface area contributed by atoms with E-state index < -0.39 is 5.60 Å². The van der Waals surface area contributed by atoms with Crippen LogP contribution in [0.15, 0.2) is 22.8 Å². The number of nitrogens with zero attached hydrogens (tertiary/aromatic N) is 2. The molecule has 1 spiro atoms. The second kappa shape index (κ2) is 5.58. The molecule has 1 aliphatic heterocycles. The number of ketones is 1. The molecule has 0 unspecified atom stereocenters. The van der Waals surface area contributed by atoms with Crippen LogP contribution < -0.4 is 0 Å². The predicted octanol–water partition coefficient (Wildman–Crippen LogP) is 3.67. The van der Waals surface area contributed by atoms with Crippen LogP contribution >= 0.6 is 15.9 Å². The molecule has 2 aliphatic rings. The first-order valence-electron chi connectivity index (χ1n) is 7.82. The largest absolute Gasteiger partial charge is 0.444 e. The molecule has 1 aliphatic carbocycles. The average molecular weight is 381 g/mol. The number of amides is 1. The lowest BCUT2D eigenvalue weighted by molar-refractivity contribution is -0.0865. The highest BCUT2D eigenvalue weighted by molar-refractivity contribution is 9.10. The van der Waals surface area contributed by atoms with Crippen LogP contribution in [-0.4, -0.2) is 40.5 Å². The topological polar surface area (TPSA) is 59.5 Å². The standard InChI is InChI=1S/C17H21BrN2O3/c1-16(2,3)23-15(22)20-9-17(10-20)7-11(8-17)14(21)12-5-4-6-13(18)19-12/h4-6,11H,7-10H2,1-3H3. The van der Waals surface area contributed by atoms with Gasteiger partial charge in [-0.15, -0.1) is 0 Å². The van der Waals surface area contributed by atoms with Gasteiger partial charge in [0.15, 0.2) is 5.78 Å². The zero-order valence-corrected chi connectivity index (χ0v) is 15.2. The Balaban J connectivity index is 1.51. The highest BCUT2D eigenvalue weighted by atomic mass is 79.9. The molecule has 5 nitrogen and oxygen atoms in total. The summed E-state index contributed by atoms with van der Waals surface area (Å²) in [4.78, 5) is 30.3. The van der Waals surface area contributed by atoms with E-state index in [9.17, 15) is 9.59 Å². The van der Waals surface area contributed by atoms with E-state index in [0.29, 0.717) is 23.4 Å². The van der Waals surface area contributed by atoms with Gasteiger partial charge >= 0.3 is 6.09 Å². The molecule has 3 rings (SSSR count). The van der Waals surface area contributed by atoms with Gasteiger partial charge in [0.1, 0.15) is 15.9 Å². The molecular weight excluding hydrogens is 360 g/mol. The van der Waals surface area contributed by atoms with Gasteiger partial charge in [0.25, 0.3) is 0 Å². The van der Waals surface area contributed by atoms with Gasteiger partial charge in [-0.05, 0) is 61.7 Å². The second-order valence-corrected chi connectivity index (χ2v) is 8.46. The van der Waals surface area contributed by atoms with Crippen molar-refractivity contribution in [3.8, 4) is 0 Å². The van der Waals surface area contributed by atoms with Gasteiger partial charge in [-0.1, -0.05) is 6.07 Å². The summed E-state index contributed by atoms with van der Waals surface area (Å²) in [5.41, 5.74) is 0.163. The number of ether oxygens (including phenoxy) is 1. The van der Waals surface area contributed by atoms with Crippen LogP contribution in [0.25, 0.3) is 0 Å². The molecule has 6 heteroatoms. The minimum atomic E-state index is -0.468. The highest BCUT2D eigenvalue weighted by Gasteiger charge is 2.56. The van der Waals surface area contributed by atoms with Crippen LogP contribution in [0.3, 0.4) is 0 Å². The molecule has 2 heterocycles. The summed E-state index contributed by atoms with van der Waals surface area (Å²) >= 11 is 3.29. The van der Waals surface area contributed by atoms with Gasteiger partial charge in [0, 0.05) is 24.4 Å². The van der Waals surface area contributed by atoms with Gasteiger partial charge < -0.3 is 9.64 Å². The molecule has 0 aromatic carbocycles. The lowest BCUT2D eigenvalue weighted by Crippen LogP contribution is -2.65. The molecule has 0 atom stereocenters. The van der Waals surface area contributed by atoms with E-state index in [1.165, 1.54) is 0 Å². The SMILES string of the molecule is CC(C)(C)OC(=O)N1CC2(CC(C(=O)c3cccc(Br)n3)C2)C1. The van der Waals surface area contributed by atoms with Crippen molar-refractivity contribution in [3.63, 3.8) is 0 Å². The summed E-state index contributed by atoms with van der Waals surface area (Å²) < 4.78 is 6.04. The molecule has 23 heavy (non-hydrogen) atoms. The number of likely N-dealkylation sites (tertiary alicyclic amines) is 1. The van der Waals surface area contributed by atoms with Crippen LogP contribution in [0.1, 0.15) is 44.1 Å². The number of rotatable bonds is 2. The molecule has 1 saturated carbocycles. The van der Waals surface area contributed by atoms with Gasteiger partial charge in [0.05, 0.1) is 0 Å². The molecule has 124 valence electrons. The Bertz CT molecular complexity index is 639. The quantitative estimate of drug-likeness (QED) is 0.579. The van der Waals surface area contributed by atoms with Crippen molar-refractivity contribution >= 4 is 27.8 Å². The van der Waals surface area contributed by atoms with Gasteiger partial charge in [-0.3, -0.25) is 4.79 Å². The fourth-order valence-corrected chi connectivity index (χ4v) is 3.75. The number of hydrogen-bond acceptors (Lipinski definition) is 4. The fraction of sp³-hybridized carbons (Fsp3) is 0.588. The molecule has 1 amide bonds. The van der Waals surface area contributed by atoms with Crippen LogP contribution in [0.2, 0.25) is 0 Å². The van der Waals surface area contributed by atoms with E-state index in [0.717, 1.165) is 12.8 Å². The van der Waals surface area contributed by atoms with Crippen LogP contribution in [0.4, 0.5) is 4.79 Å². The molecular formula is C17H21BrN2O3. The Morgan fingerprint density at radius 3 is 2.52 bits per heavy atom. The van der Waals surface area contributed by atoms with Gasteiger partial charge in [0.2, 0.25) is 0 Å². The average Bonchev–Trinajstić information content (AvgIpc) is 2.32. The maximum absolute atomic E-state index is 12.4. The maximum Gasteiger partial charge on any atom is 0.410 e. The van der Waals surface area contributed by atoms with Crippen molar-refractivity contribution in [2.45, 2.75) is 39.2 Å². The van der Waals surface area contributed by atoms with Crippen LogP contribution in [0.5, 0.6) is 0 Å². The lowest BCUT2D eigenvalue weighted by Gasteiger charge is -2.58. The first-order valence-corrected chi connectivity index (χ1v) is 8.62. The molecule has 0 N–H and O–H groups in total. The van der Waals surface area contributed by atoms with Crippen molar-refractivity contribution in [1.82, 2.24) is 9.88 Å².